The molecule has 0 saturated heterocycles. The lowest BCUT2D eigenvalue weighted by Gasteiger charge is -2.23. The zero-order valence-corrected chi connectivity index (χ0v) is 22.4. The fourth-order valence-electron chi connectivity index (χ4n) is 3.31. The molecule has 36 heavy (non-hydrogen) atoms. The van der Waals surface area contributed by atoms with E-state index in [0.717, 1.165) is 8.78 Å². The maximum atomic E-state index is 13.7. The molecule has 0 aliphatic carbocycles. The van der Waals surface area contributed by atoms with Gasteiger partial charge in [0, 0.05) is 22.6 Å². The summed E-state index contributed by atoms with van der Waals surface area (Å²) in [6.45, 7) is -0.523. The molecule has 3 rings (SSSR count). The summed E-state index contributed by atoms with van der Waals surface area (Å²) >= 11 is 3.38. The predicted octanol–water partition coefficient (Wildman–Crippen LogP) is 3.82. The number of carbonyl (C=O) groups is 1. The highest BCUT2D eigenvalue weighted by molar-refractivity contribution is 9.10. The summed E-state index contributed by atoms with van der Waals surface area (Å²) in [6, 6.07) is 18.8. The summed E-state index contributed by atoms with van der Waals surface area (Å²) in [4.78, 5) is 12.7. The van der Waals surface area contributed by atoms with Crippen molar-refractivity contribution in [1.82, 2.24) is 9.73 Å². The standard InChI is InChI=1S/C25H26BrN3O6S/c1-33-21-10-12-23(35-3)24(14-21)36(31,32)29(16-18-7-5-4-6-8-18)17-25(30)28-27-15-19-13-20(26)9-11-22(19)34-2/h4-15H,16-17H2,1-3H3,(H,28,30)/b27-15+. The van der Waals surface area contributed by atoms with Crippen LogP contribution in [0.25, 0.3) is 0 Å². The van der Waals surface area contributed by atoms with Crippen molar-refractivity contribution in [3.63, 3.8) is 0 Å². The van der Waals surface area contributed by atoms with Crippen LogP contribution in [0.5, 0.6) is 17.2 Å². The van der Waals surface area contributed by atoms with Gasteiger partial charge in [0.2, 0.25) is 10.0 Å². The molecule has 0 fully saturated rings. The van der Waals surface area contributed by atoms with Gasteiger partial charge < -0.3 is 14.2 Å². The summed E-state index contributed by atoms with van der Waals surface area (Å²) < 4.78 is 45.0. The smallest absolute Gasteiger partial charge is 0.255 e. The first-order valence-corrected chi connectivity index (χ1v) is 12.9. The molecular formula is C25H26BrN3O6S. The van der Waals surface area contributed by atoms with Crippen molar-refractivity contribution in [3.8, 4) is 17.2 Å². The van der Waals surface area contributed by atoms with Gasteiger partial charge in [-0.25, -0.2) is 13.8 Å². The van der Waals surface area contributed by atoms with Crippen LogP contribution in [0.4, 0.5) is 0 Å². The number of sulfonamides is 1. The number of hydrogen-bond donors (Lipinski definition) is 1. The second-order valence-corrected chi connectivity index (χ2v) is 10.3. The van der Waals surface area contributed by atoms with E-state index >= 15 is 0 Å². The number of carbonyl (C=O) groups excluding carboxylic acids is 1. The summed E-state index contributed by atoms with van der Waals surface area (Å²) in [6.07, 6.45) is 1.42. The Morgan fingerprint density at radius 1 is 0.972 bits per heavy atom. The highest BCUT2D eigenvalue weighted by Crippen LogP contribution is 2.31. The number of halogens is 1. The van der Waals surface area contributed by atoms with Crippen molar-refractivity contribution in [2.75, 3.05) is 27.9 Å². The molecule has 0 radical (unpaired) electrons. The number of amides is 1. The number of hydrogen-bond acceptors (Lipinski definition) is 7. The fourth-order valence-corrected chi connectivity index (χ4v) is 5.25. The second-order valence-electron chi connectivity index (χ2n) is 7.45. The molecule has 190 valence electrons. The Labute approximate surface area is 218 Å². The zero-order valence-electron chi connectivity index (χ0n) is 20.0. The monoisotopic (exact) mass is 575 g/mol. The van der Waals surface area contributed by atoms with Gasteiger partial charge in [-0.15, -0.1) is 0 Å². The van der Waals surface area contributed by atoms with Gasteiger partial charge >= 0.3 is 0 Å². The third-order valence-electron chi connectivity index (χ3n) is 5.09. The topological polar surface area (TPSA) is 107 Å². The second kappa shape index (κ2) is 12.5. The molecule has 11 heteroatoms. The lowest BCUT2D eigenvalue weighted by molar-refractivity contribution is -0.121. The number of hydrazone groups is 1. The van der Waals surface area contributed by atoms with E-state index in [2.05, 4.69) is 26.5 Å². The molecule has 0 saturated carbocycles. The molecule has 0 atom stereocenters. The number of ether oxygens (including phenoxy) is 3. The van der Waals surface area contributed by atoms with Crippen molar-refractivity contribution in [3.05, 3.63) is 82.3 Å². The van der Waals surface area contributed by atoms with Crippen molar-refractivity contribution < 1.29 is 27.4 Å². The summed E-state index contributed by atoms with van der Waals surface area (Å²) in [5, 5.41) is 3.98. The average molecular weight is 576 g/mol. The van der Waals surface area contributed by atoms with Gasteiger partial charge in [0.15, 0.2) is 0 Å². The Hall–Kier alpha value is -3.41. The number of nitrogens with one attached hydrogen (secondary N) is 1. The Kier molecular flexibility index (Phi) is 9.45. The predicted molar refractivity (Wildman–Crippen MR) is 140 cm³/mol. The third-order valence-corrected chi connectivity index (χ3v) is 7.40. The first-order valence-electron chi connectivity index (χ1n) is 10.7. The van der Waals surface area contributed by atoms with Gasteiger partial charge in [0.25, 0.3) is 5.91 Å². The molecule has 3 aromatic rings. The molecule has 0 aliphatic heterocycles. The summed E-state index contributed by atoms with van der Waals surface area (Å²) in [7, 11) is 0.164. The quantitative estimate of drug-likeness (QED) is 0.275. The van der Waals surface area contributed by atoms with Gasteiger partial charge in [-0.3, -0.25) is 4.79 Å². The van der Waals surface area contributed by atoms with E-state index in [-0.39, 0.29) is 17.2 Å². The average Bonchev–Trinajstić information content (AvgIpc) is 2.88. The van der Waals surface area contributed by atoms with Crippen molar-refractivity contribution >= 4 is 38.1 Å². The Balaban J connectivity index is 1.88. The molecule has 0 spiro atoms. The summed E-state index contributed by atoms with van der Waals surface area (Å²) in [5.74, 6) is 0.413. The van der Waals surface area contributed by atoms with E-state index in [0.29, 0.717) is 22.6 Å². The van der Waals surface area contributed by atoms with Crippen LogP contribution in [-0.2, 0) is 21.4 Å². The van der Waals surface area contributed by atoms with E-state index in [1.165, 1.54) is 39.7 Å². The normalized spacial score (nSPS) is 11.5. The van der Waals surface area contributed by atoms with E-state index < -0.39 is 22.5 Å². The van der Waals surface area contributed by atoms with Gasteiger partial charge in [-0.1, -0.05) is 46.3 Å². The van der Waals surface area contributed by atoms with Crippen molar-refractivity contribution in [2.24, 2.45) is 5.10 Å². The molecule has 9 nitrogen and oxygen atoms in total. The first-order chi connectivity index (χ1) is 17.3. The maximum Gasteiger partial charge on any atom is 0.255 e. The largest absolute Gasteiger partial charge is 0.497 e. The van der Waals surface area contributed by atoms with Crippen LogP contribution in [-0.4, -0.2) is 52.7 Å². The maximum absolute atomic E-state index is 13.7. The molecule has 0 unspecified atom stereocenters. The van der Waals surface area contributed by atoms with Crippen LogP contribution in [0, 0.1) is 0 Å². The van der Waals surface area contributed by atoms with Gasteiger partial charge in [-0.2, -0.15) is 9.41 Å². The number of methoxy groups -OCH3 is 3. The minimum Gasteiger partial charge on any atom is -0.497 e. The Morgan fingerprint density at radius 3 is 2.33 bits per heavy atom. The van der Waals surface area contributed by atoms with Crippen LogP contribution in [0.3, 0.4) is 0 Å². The molecule has 1 amide bonds. The van der Waals surface area contributed by atoms with E-state index in [1.807, 2.05) is 12.1 Å². The highest BCUT2D eigenvalue weighted by atomic mass is 79.9. The van der Waals surface area contributed by atoms with Gasteiger partial charge in [-0.05, 0) is 35.9 Å². The van der Waals surface area contributed by atoms with Crippen LogP contribution in [0.2, 0.25) is 0 Å². The number of nitrogens with zero attached hydrogens (tertiary/aromatic N) is 2. The van der Waals surface area contributed by atoms with Crippen molar-refractivity contribution in [2.45, 2.75) is 11.4 Å². The van der Waals surface area contributed by atoms with Gasteiger partial charge in [0.1, 0.15) is 22.1 Å². The first kappa shape index (κ1) is 27.2. The summed E-state index contributed by atoms with van der Waals surface area (Å²) in [5.41, 5.74) is 3.72. The SMILES string of the molecule is COc1ccc(OC)c(S(=O)(=O)N(CC(=O)N/N=C/c2cc(Br)ccc2OC)Cc2ccccc2)c1. The molecule has 1 N–H and O–H groups in total. The molecule has 0 aromatic heterocycles. The molecule has 3 aromatic carbocycles. The number of benzene rings is 3. The molecule has 0 aliphatic rings. The fraction of sp³-hybridized carbons (Fsp3) is 0.200. The molecular weight excluding hydrogens is 550 g/mol. The van der Waals surface area contributed by atoms with Crippen molar-refractivity contribution in [1.29, 1.82) is 0 Å². The van der Waals surface area contributed by atoms with Crippen LogP contribution < -0.4 is 19.6 Å². The van der Waals surface area contributed by atoms with Crippen LogP contribution in [0.15, 0.2) is 81.2 Å². The minimum atomic E-state index is -4.17. The highest BCUT2D eigenvalue weighted by Gasteiger charge is 2.30. The molecule has 0 bridgehead atoms. The Morgan fingerprint density at radius 2 is 1.67 bits per heavy atom. The van der Waals surface area contributed by atoms with E-state index in [4.69, 9.17) is 14.2 Å². The minimum absolute atomic E-state index is 0.0415. The van der Waals surface area contributed by atoms with Crippen LogP contribution >= 0.6 is 15.9 Å². The van der Waals surface area contributed by atoms with E-state index in [9.17, 15) is 13.2 Å². The van der Waals surface area contributed by atoms with E-state index in [1.54, 1.807) is 42.5 Å². The third kappa shape index (κ3) is 6.84. The Bertz CT molecular complexity index is 1330. The zero-order chi connectivity index (χ0) is 26.1. The van der Waals surface area contributed by atoms with Crippen LogP contribution in [0.1, 0.15) is 11.1 Å². The van der Waals surface area contributed by atoms with Gasteiger partial charge in [0.05, 0.1) is 34.1 Å². The lowest BCUT2D eigenvalue weighted by Crippen LogP contribution is -2.39. The lowest BCUT2D eigenvalue weighted by atomic mass is 10.2. The molecule has 0 heterocycles. The number of rotatable bonds is 11.